The highest BCUT2D eigenvalue weighted by Crippen LogP contribution is 2.12. The number of rotatable bonds is 5. The van der Waals surface area contributed by atoms with Gasteiger partial charge in [-0.1, -0.05) is 0 Å². The van der Waals surface area contributed by atoms with Gasteiger partial charge in [-0.05, 0) is 33.8 Å². The third-order valence-corrected chi connectivity index (χ3v) is 2.71. The predicted octanol–water partition coefficient (Wildman–Crippen LogP) is 2.53. The fourth-order valence-corrected chi connectivity index (χ4v) is 1.38. The van der Waals surface area contributed by atoms with E-state index >= 15 is 0 Å². The van der Waals surface area contributed by atoms with Crippen LogP contribution in [0, 0.1) is 0 Å². The first-order valence-electron chi connectivity index (χ1n) is 6.73. The van der Waals surface area contributed by atoms with E-state index in [-0.39, 0.29) is 12.6 Å². The summed E-state index contributed by atoms with van der Waals surface area (Å²) in [6.07, 6.45) is 1.75. The maximum Gasteiger partial charge on any atom is 0.410 e. The van der Waals surface area contributed by atoms with Gasteiger partial charge in [0.1, 0.15) is 12.2 Å². The molecule has 116 valence electrons. The summed E-state index contributed by atoms with van der Waals surface area (Å²) in [5.74, 6) is 0.407. The molecule has 21 heavy (non-hydrogen) atoms. The van der Waals surface area contributed by atoms with E-state index in [2.05, 4.69) is 4.98 Å². The van der Waals surface area contributed by atoms with Gasteiger partial charge in [0.25, 0.3) is 0 Å². The lowest BCUT2D eigenvalue weighted by Gasteiger charge is -2.28. The number of carbonyl (C=O) groups is 2. The second-order valence-corrected chi connectivity index (χ2v) is 5.80. The number of aldehydes is 1. The maximum absolute atomic E-state index is 11.9. The molecule has 0 N–H and O–H groups in total. The number of hydrogen-bond acceptors (Lipinski definition) is 5. The predicted molar refractivity (Wildman–Crippen MR) is 78.6 cm³/mol. The number of ether oxygens (including phenoxy) is 2. The van der Waals surface area contributed by atoms with Crippen LogP contribution >= 0.6 is 0 Å². The summed E-state index contributed by atoms with van der Waals surface area (Å²) in [6.45, 7) is 7.59. The molecular formula is C15H22N2O4. The van der Waals surface area contributed by atoms with E-state index in [9.17, 15) is 9.59 Å². The zero-order chi connectivity index (χ0) is 16.0. The first-order chi connectivity index (χ1) is 9.73. The molecule has 1 rings (SSSR count). The molecule has 0 aliphatic carbocycles. The number of carbonyl (C=O) groups excluding carboxylic acids is 2. The molecule has 0 saturated carbocycles. The molecule has 1 heterocycles. The van der Waals surface area contributed by atoms with Crippen LogP contribution in [0.25, 0.3) is 0 Å². The van der Waals surface area contributed by atoms with Crippen molar-refractivity contribution in [1.29, 1.82) is 0 Å². The topological polar surface area (TPSA) is 68.7 Å². The number of aromatic nitrogens is 1. The molecule has 0 aromatic carbocycles. The van der Waals surface area contributed by atoms with E-state index in [1.807, 2.05) is 27.7 Å². The molecule has 0 bridgehead atoms. The van der Waals surface area contributed by atoms with Crippen LogP contribution < -0.4 is 4.74 Å². The maximum atomic E-state index is 11.9. The van der Waals surface area contributed by atoms with Gasteiger partial charge < -0.3 is 14.4 Å². The Morgan fingerprint density at radius 1 is 1.43 bits per heavy atom. The van der Waals surface area contributed by atoms with E-state index < -0.39 is 11.7 Å². The molecule has 0 spiro atoms. The van der Waals surface area contributed by atoms with Gasteiger partial charge in [-0.15, -0.1) is 0 Å². The highest BCUT2D eigenvalue weighted by atomic mass is 16.6. The number of pyridine rings is 1. The van der Waals surface area contributed by atoms with E-state index in [1.165, 1.54) is 11.1 Å². The van der Waals surface area contributed by atoms with Crippen LogP contribution in [0.3, 0.4) is 0 Å². The highest BCUT2D eigenvalue weighted by molar-refractivity contribution is 5.74. The quantitative estimate of drug-likeness (QED) is 0.781. The van der Waals surface area contributed by atoms with Crippen LogP contribution in [0.1, 0.15) is 38.1 Å². The lowest BCUT2D eigenvalue weighted by atomic mass is 10.2. The first kappa shape index (κ1) is 16.9. The Hall–Kier alpha value is -2.11. The summed E-state index contributed by atoms with van der Waals surface area (Å²) in [6, 6.07) is 3.06. The Kier molecular flexibility index (Phi) is 5.69. The molecule has 6 nitrogen and oxygen atoms in total. The van der Waals surface area contributed by atoms with Crippen LogP contribution in [0.5, 0.6) is 5.88 Å². The van der Waals surface area contributed by atoms with Gasteiger partial charge in [-0.3, -0.25) is 4.79 Å². The average molecular weight is 294 g/mol. The van der Waals surface area contributed by atoms with Crippen LogP contribution in [0.4, 0.5) is 4.79 Å². The summed E-state index contributed by atoms with van der Waals surface area (Å²) < 4.78 is 10.8. The minimum atomic E-state index is -0.530. The van der Waals surface area contributed by atoms with Crippen molar-refractivity contribution in [1.82, 2.24) is 9.88 Å². The fraction of sp³-hybridized carbons (Fsp3) is 0.533. The van der Waals surface area contributed by atoms with Crippen molar-refractivity contribution in [3.63, 3.8) is 0 Å². The van der Waals surface area contributed by atoms with Gasteiger partial charge in [0.2, 0.25) is 5.88 Å². The number of amides is 1. The largest absolute Gasteiger partial charge is 0.475 e. The third kappa shape index (κ3) is 5.81. The van der Waals surface area contributed by atoms with Gasteiger partial charge in [0.15, 0.2) is 6.29 Å². The Bertz CT molecular complexity index is 479. The molecule has 1 aromatic rings. The summed E-state index contributed by atoms with van der Waals surface area (Å²) in [5, 5.41) is 0. The second-order valence-electron chi connectivity index (χ2n) is 5.80. The number of likely N-dealkylation sites (N-methyl/N-ethyl adjacent to an activating group) is 1. The standard InChI is InChI=1S/C15H22N2O4/c1-11(17(5)14(19)21-15(2,3)4)10-20-13-7-6-12(9-18)8-16-13/h6-9,11H,10H2,1-5H3. The second kappa shape index (κ2) is 7.06. The Morgan fingerprint density at radius 3 is 2.57 bits per heavy atom. The highest BCUT2D eigenvalue weighted by Gasteiger charge is 2.23. The Morgan fingerprint density at radius 2 is 2.10 bits per heavy atom. The SMILES string of the molecule is CC(COc1ccc(C=O)cn1)N(C)C(=O)OC(C)(C)C. The Balaban J connectivity index is 2.50. The molecular weight excluding hydrogens is 272 g/mol. The van der Waals surface area contributed by atoms with Crippen molar-refractivity contribution in [2.24, 2.45) is 0 Å². The van der Waals surface area contributed by atoms with Gasteiger partial charge in [0, 0.05) is 24.9 Å². The van der Waals surface area contributed by atoms with Crippen LogP contribution in [-0.4, -0.2) is 47.6 Å². The van der Waals surface area contributed by atoms with Gasteiger partial charge >= 0.3 is 6.09 Å². The van der Waals surface area contributed by atoms with Gasteiger partial charge in [0.05, 0.1) is 6.04 Å². The zero-order valence-corrected chi connectivity index (χ0v) is 13.1. The van der Waals surface area contributed by atoms with E-state index in [0.717, 1.165) is 6.29 Å². The molecule has 6 heteroatoms. The molecule has 0 aliphatic rings. The fourth-order valence-electron chi connectivity index (χ4n) is 1.38. The summed E-state index contributed by atoms with van der Waals surface area (Å²) >= 11 is 0. The van der Waals surface area contributed by atoms with Gasteiger partial charge in [-0.2, -0.15) is 0 Å². The summed E-state index contributed by atoms with van der Waals surface area (Å²) in [4.78, 5) is 27.9. The molecule has 1 amide bonds. The minimum absolute atomic E-state index is 0.174. The van der Waals surface area contributed by atoms with E-state index in [1.54, 1.807) is 19.2 Å². The minimum Gasteiger partial charge on any atom is -0.475 e. The lowest BCUT2D eigenvalue weighted by molar-refractivity contribution is 0.0193. The molecule has 1 atom stereocenters. The zero-order valence-electron chi connectivity index (χ0n) is 13.1. The smallest absolute Gasteiger partial charge is 0.410 e. The van der Waals surface area contributed by atoms with Crippen molar-refractivity contribution in [2.45, 2.75) is 39.3 Å². The average Bonchev–Trinajstić information content (AvgIpc) is 2.42. The lowest BCUT2D eigenvalue weighted by Crippen LogP contribution is -2.42. The van der Waals surface area contributed by atoms with Crippen molar-refractivity contribution >= 4 is 12.4 Å². The molecule has 0 saturated heterocycles. The third-order valence-electron chi connectivity index (χ3n) is 2.71. The van der Waals surface area contributed by atoms with Gasteiger partial charge in [-0.25, -0.2) is 9.78 Å². The number of hydrogen-bond donors (Lipinski definition) is 0. The Labute approximate surface area is 125 Å². The summed E-state index contributed by atoms with van der Waals surface area (Å²) in [7, 11) is 1.66. The van der Waals surface area contributed by atoms with Crippen LogP contribution in [0.2, 0.25) is 0 Å². The van der Waals surface area contributed by atoms with E-state index in [0.29, 0.717) is 11.4 Å². The molecule has 1 unspecified atom stereocenters. The first-order valence-corrected chi connectivity index (χ1v) is 6.73. The van der Waals surface area contributed by atoms with Crippen molar-refractivity contribution in [3.05, 3.63) is 23.9 Å². The monoisotopic (exact) mass is 294 g/mol. The van der Waals surface area contributed by atoms with Crippen molar-refractivity contribution in [3.8, 4) is 5.88 Å². The molecule has 0 aliphatic heterocycles. The van der Waals surface area contributed by atoms with E-state index in [4.69, 9.17) is 9.47 Å². The van der Waals surface area contributed by atoms with Crippen molar-refractivity contribution < 1.29 is 19.1 Å². The van der Waals surface area contributed by atoms with Crippen molar-refractivity contribution in [2.75, 3.05) is 13.7 Å². The molecule has 1 aromatic heterocycles. The summed E-state index contributed by atoms with van der Waals surface area (Å²) in [5.41, 5.74) is -0.0423. The number of nitrogens with zero attached hydrogens (tertiary/aromatic N) is 2. The van der Waals surface area contributed by atoms with Crippen LogP contribution in [-0.2, 0) is 4.74 Å². The molecule has 0 radical (unpaired) electrons. The van der Waals surface area contributed by atoms with Crippen LogP contribution in [0.15, 0.2) is 18.3 Å². The normalized spacial score (nSPS) is 12.4. The molecule has 0 fully saturated rings.